The molecule has 0 aliphatic carbocycles. The number of nitrogens with one attached hydrogen (secondary N) is 3. The molecule has 2 aliphatic heterocycles. The normalized spacial score (nSPS) is 33.1. The van der Waals surface area contributed by atoms with Gasteiger partial charge < -0.3 is 20.7 Å². The fraction of sp³-hybridized carbons (Fsp3) is 0.923. The van der Waals surface area contributed by atoms with Gasteiger partial charge in [0.05, 0.1) is 18.8 Å². The highest BCUT2D eigenvalue weighted by molar-refractivity contribution is 5.82. The first-order chi connectivity index (χ1) is 9.19. The third-order valence-corrected chi connectivity index (χ3v) is 3.83. The Morgan fingerprint density at radius 2 is 2.26 bits per heavy atom. The zero-order chi connectivity index (χ0) is 13.7. The minimum absolute atomic E-state index is 0.0663. The van der Waals surface area contributed by atoms with Crippen molar-refractivity contribution < 1.29 is 9.53 Å². The molecule has 2 saturated heterocycles. The van der Waals surface area contributed by atoms with E-state index in [0.29, 0.717) is 19.1 Å². The number of carbonyl (C=O) groups is 1. The first kappa shape index (κ1) is 14.7. The van der Waals surface area contributed by atoms with Crippen molar-refractivity contribution in [3.63, 3.8) is 0 Å². The quantitative estimate of drug-likeness (QED) is 0.597. The topological polar surface area (TPSA) is 65.6 Å². The van der Waals surface area contributed by atoms with Gasteiger partial charge in [-0.05, 0) is 13.5 Å². The number of piperazine rings is 1. The molecule has 0 aromatic heterocycles. The second-order valence-corrected chi connectivity index (χ2v) is 5.40. The van der Waals surface area contributed by atoms with E-state index in [1.807, 2.05) is 0 Å². The molecule has 2 fully saturated rings. The van der Waals surface area contributed by atoms with Gasteiger partial charge in [0.1, 0.15) is 0 Å². The summed E-state index contributed by atoms with van der Waals surface area (Å²) in [6.45, 7) is 10.1. The predicted molar refractivity (Wildman–Crippen MR) is 74.1 cm³/mol. The molecular formula is C13H26N4O2. The zero-order valence-electron chi connectivity index (χ0n) is 11.9. The molecule has 2 aliphatic rings. The average molecular weight is 270 g/mol. The lowest BCUT2D eigenvalue weighted by atomic mass is 10.1. The molecule has 3 unspecified atom stereocenters. The van der Waals surface area contributed by atoms with Crippen LogP contribution < -0.4 is 16.0 Å². The highest BCUT2D eigenvalue weighted by Crippen LogP contribution is 2.04. The Labute approximate surface area is 115 Å². The molecule has 3 atom stereocenters. The summed E-state index contributed by atoms with van der Waals surface area (Å²) in [6, 6.07) is 0.311. The molecule has 0 saturated carbocycles. The van der Waals surface area contributed by atoms with Crippen molar-refractivity contribution in [1.82, 2.24) is 20.9 Å². The number of ether oxygens (including phenoxy) is 1. The average Bonchev–Trinajstić information content (AvgIpc) is 2.46. The van der Waals surface area contributed by atoms with Gasteiger partial charge in [-0.15, -0.1) is 0 Å². The molecule has 6 nitrogen and oxygen atoms in total. The van der Waals surface area contributed by atoms with E-state index in [1.165, 1.54) is 0 Å². The monoisotopic (exact) mass is 270 g/mol. The van der Waals surface area contributed by atoms with E-state index in [-0.39, 0.29) is 18.1 Å². The van der Waals surface area contributed by atoms with Crippen LogP contribution >= 0.6 is 0 Å². The molecule has 19 heavy (non-hydrogen) atoms. The number of hydrogen-bond acceptors (Lipinski definition) is 5. The van der Waals surface area contributed by atoms with Gasteiger partial charge in [0.25, 0.3) is 0 Å². The van der Waals surface area contributed by atoms with Gasteiger partial charge in [0.15, 0.2) is 0 Å². The molecule has 0 aromatic rings. The molecule has 110 valence electrons. The largest absolute Gasteiger partial charge is 0.374 e. The van der Waals surface area contributed by atoms with E-state index in [0.717, 1.165) is 32.8 Å². The first-order valence-corrected chi connectivity index (χ1v) is 7.27. The van der Waals surface area contributed by atoms with Crippen LogP contribution in [-0.4, -0.2) is 74.9 Å². The Balaban J connectivity index is 1.68. The number of hydrogen-bond donors (Lipinski definition) is 3. The smallest absolute Gasteiger partial charge is 0.238 e. The van der Waals surface area contributed by atoms with Crippen LogP contribution in [-0.2, 0) is 9.53 Å². The van der Waals surface area contributed by atoms with Crippen molar-refractivity contribution in [3.8, 4) is 0 Å². The molecular weight excluding hydrogens is 244 g/mol. The van der Waals surface area contributed by atoms with Crippen LogP contribution in [0.5, 0.6) is 0 Å². The summed E-state index contributed by atoms with van der Waals surface area (Å²) in [5.41, 5.74) is 0. The Kier molecular flexibility index (Phi) is 5.57. The maximum absolute atomic E-state index is 12.0. The number of carbonyl (C=O) groups excluding carboxylic acids is 1. The van der Waals surface area contributed by atoms with Gasteiger partial charge in [-0.1, -0.05) is 6.92 Å². The lowest BCUT2D eigenvalue weighted by molar-refractivity contribution is -0.124. The van der Waals surface area contributed by atoms with E-state index in [1.54, 1.807) is 0 Å². The lowest BCUT2D eigenvalue weighted by Crippen LogP contribution is -2.59. The van der Waals surface area contributed by atoms with Gasteiger partial charge in [-0.25, -0.2) is 0 Å². The van der Waals surface area contributed by atoms with Crippen molar-refractivity contribution in [3.05, 3.63) is 0 Å². The van der Waals surface area contributed by atoms with Gasteiger partial charge in [0.2, 0.25) is 5.91 Å². The van der Waals surface area contributed by atoms with Crippen LogP contribution in [0.25, 0.3) is 0 Å². The summed E-state index contributed by atoms with van der Waals surface area (Å²) in [7, 11) is 0. The van der Waals surface area contributed by atoms with Crippen LogP contribution in [0.2, 0.25) is 0 Å². The van der Waals surface area contributed by atoms with Crippen LogP contribution in [0.15, 0.2) is 0 Å². The Hall–Kier alpha value is -0.690. The second kappa shape index (κ2) is 7.19. The second-order valence-electron chi connectivity index (χ2n) is 5.40. The lowest BCUT2D eigenvalue weighted by Gasteiger charge is -2.33. The molecule has 0 aromatic carbocycles. The van der Waals surface area contributed by atoms with Gasteiger partial charge >= 0.3 is 0 Å². The summed E-state index contributed by atoms with van der Waals surface area (Å²) in [4.78, 5) is 14.4. The molecule has 0 radical (unpaired) electrons. The van der Waals surface area contributed by atoms with Gasteiger partial charge in [-0.2, -0.15) is 0 Å². The Morgan fingerprint density at radius 1 is 1.42 bits per heavy atom. The zero-order valence-corrected chi connectivity index (χ0v) is 11.9. The van der Waals surface area contributed by atoms with E-state index in [2.05, 4.69) is 34.7 Å². The van der Waals surface area contributed by atoms with Crippen molar-refractivity contribution in [2.75, 3.05) is 45.9 Å². The number of nitrogens with zero attached hydrogens (tertiary/aromatic N) is 1. The molecule has 6 heteroatoms. The Morgan fingerprint density at radius 3 is 2.95 bits per heavy atom. The number of rotatable bonds is 4. The summed E-state index contributed by atoms with van der Waals surface area (Å²) >= 11 is 0. The van der Waals surface area contributed by atoms with Gasteiger partial charge in [0, 0.05) is 38.8 Å². The number of amides is 1. The number of morpholine rings is 1. The SMILES string of the molecule is CCN1CCOC(CNC(=O)C2CNC(C)CN2)C1. The third-order valence-electron chi connectivity index (χ3n) is 3.83. The van der Waals surface area contributed by atoms with Crippen LogP contribution in [0.1, 0.15) is 13.8 Å². The highest BCUT2D eigenvalue weighted by atomic mass is 16.5. The predicted octanol–water partition coefficient (Wildman–Crippen LogP) is -1.23. The summed E-state index contributed by atoms with van der Waals surface area (Å²) < 4.78 is 5.67. The van der Waals surface area contributed by atoms with Crippen LogP contribution in [0.4, 0.5) is 0 Å². The summed E-state index contributed by atoms with van der Waals surface area (Å²) in [5, 5.41) is 9.54. The van der Waals surface area contributed by atoms with Crippen LogP contribution in [0, 0.1) is 0 Å². The van der Waals surface area contributed by atoms with E-state index >= 15 is 0 Å². The Bertz CT molecular complexity index is 292. The van der Waals surface area contributed by atoms with E-state index in [4.69, 9.17) is 4.74 Å². The van der Waals surface area contributed by atoms with Gasteiger partial charge in [-0.3, -0.25) is 9.69 Å². The molecule has 2 heterocycles. The molecule has 1 amide bonds. The van der Waals surface area contributed by atoms with Crippen molar-refractivity contribution in [1.29, 1.82) is 0 Å². The maximum Gasteiger partial charge on any atom is 0.238 e. The summed E-state index contributed by atoms with van der Waals surface area (Å²) in [5.74, 6) is 0.0663. The fourth-order valence-corrected chi connectivity index (χ4v) is 2.50. The van der Waals surface area contributed by atoms with Crippen LogP contribution in [0.3, 0.4) is 0 Å². The highest BCUT2D eigenvalue weighted by Gasteiger charge is 2.25. The molecule has 2 rings (SSSR count). The third kappa shape index (κ3) is 4.42. The van der Waals surface area contributed by atoms with Crippen molar-refractivity contribution in [2.24, 2.45) is 0 Å². The van der Waals surface area contributed by atoms with E-state index in [9.17, 15) is 4.79 Å². The minimum Gasteiger partial charge on any atom is -0.374 e. The molecule has 3 N–H and O–H groups in total. The van der Waals surface area contributed by atoms with Crippen molar-refractivity contribution >= 4 is 5.91 Å². The first-order valence-electron chi connectivity index (χ1n) is 7.27. The molecule has 0 bridgehead atoms. The minimum atomic E-state index is -0.123. The maximum atomic E-state index is 12.0. The summed E-state index contributed by atoms with van der Waals surface area (Å²) in [6.07, 6.45) is 0.119. The van der Waals surface area contributed by atoms with Crippen molar-refractivity contribution in [2.45, 2.75) is 32.0 Å². The molecule has 0 spiro atoms. The number of likely N-dealkylation sites (N-methyl/N-ethyl adjacent to an activating group) is 1. The fourth-order valence-electron chi connectivity index (χ4n) is 2.50. The standard InChI is InChI=1S/C13H26N4O2/c1-3-17-4-5-19-11(9-17)7-16-13(18)12-8-14-10(2)6-15-12/h10-12,14-15H,3-9H2,1-2H3,(H,16,18). The van der Waals surface area contributed by atoms with E-state index < -0.39 is 0 Å².